The van der Waals surface area contributed by atoms with Crippen LogP contribution in [0.15, 0.2) is 47.1 Å². The monoisotopic (exact) mass is 316 g/mol. The van der Waals surface area contributed by atoms with Crippen molar-refractivity contribution >= 4 is 11.8 Å². The number of hydrogen-bond donors (Lipinski definition) is 1. The minimum atomic E-state index is -0.498. The predicted molar refractivity (Wildman–Crippen MR) is 81.0 cm³/mol. The molecule has 1 aromatic heterocycles. The lowest BCUT2D eigenvalue weighted by atomic mass is 10.1. The van der Waals surface area contributed by atoms with Gasteiger partial charge in [-0.3, -0.25) is 9.59 Å². The number of nitrogens with zero attached hydrogens (tertiary/aromatic N) is 1. The molecule has 1 aromatic carbocycles. The van der Waals surface area contributed by atoms with Gasteiger partial charge in [0.15, 0.2) is 0 Å². The summed E-state index contributed by atoms with van der Waals surface area (Å²) in [6, 6.07) is 8.40. The summed E-state index contributed by atoms with van der Waals surface area (Å²) in [4.78, 5) is 26.4. The molecule has 0 saturated carbocycles. The molecule has 1 N–H and O–H groups in total. The summed E-state index contributed by atoms with van der Waals surface area (Å²) in [6.45, 7) is 0.815. The van der Waals surface area contributed by atoms with Crippen molar-refractivity contribution in [3.05, 3.63) is 59.8 Å². The molecule has 1 atom stereocenters. The number of rotatable bonds is 4. The van der Waals surface area contributed by atoms with E-state index >= 15 is 0 Å². The smallest absolute Gasteiger partial charge is 0.254 e. The van der Waals surface area contributed by atoms with E-state index in [1.807, 2.05) is 0 Å². The highest BCUT2D eigenvalue weighted by Gasteiger charge is 2.34. The number of nitrogens with one attached hydrogen (secondary N) is 1. The normalized spacial score (nSPS) is 17.3. The molecule has 1 aliphatic heterocycles. The molecule has 1 unspecified atom stereocenters. The van der Waals surface area contributed by atoms with E-state index in [9.17, 15) is 14.0 Å². The number of amides is 2. The van der Waals surface area contributed by atoms with Gasteiger partial charge >= 0.3 is 0 Å². The van der Waals surface area contributed by atoms with Crippen LogP contribution in [-0.2, 0) is 11.3 Å². The van der Waals surface area contributed by atoms with Crippen molar-refractivity contribution in [3.63, 3.8) is 0 Å². The molecular formula is C17H17FN2O3. The Bertz CT molecular complexity index is 682. The number of carbonyl (C=O) groups is 2. The summed E-state index contributed by atoms with van der Waals surface area (Å²) in [7, 11) is 0. The minimum absolute atomic E-state index is 0.200. The summed E-state index contributed by atoms with van der Waals surface area (Å²) in [5.74, 6) is -0.182. The Balaban J connectivity index is 1.65. The molecule has 5 nitrogen and oxygen atoms in total. The van der Waals surface area contributed by atoms with E-state index < -0.39 is 11.9 Å². The van der Waals surface area contributed by atoms with Crippen LogP contribution in [-0.4, -0.2) is 29.3 Å². The molecule has 1 fully saturated rings. The van der Waals surface area contributed by atoms with E-state index in [0.717, 1.165) is 6.42 Å². The SMILES string of the molecule is O=C(NCc1ccco1)C1CCCN1C(=O)c1ccc(F)cc1. The van der Waals surface area contributed by atoms with E-state index in [2.05, 4.69) is 5.32 Å². The zero-order valence-corrected chi connectivity index (χ0v) is 12.5. The van der Waals surface area contributed by atoms with Crippen molar-refractivity contribution in [3.8, 4) is 0 Å². The van der Waals surface area contributed by atoms with Crippen molar-refractivity contribution in [1.82, 2.24) is 10.2 Å². The van der Waals surface area contributed by atoms with Gasteiger partial charge in [-0.15, -0.1) is 0 Å². The molecule has 1 aliphatic rings. The highest BCUT2D eigenvalue weighted by atomic mass is 19.1. The van der Waals surface area contributed by atoms with Crippen LogP contribution < -0.4 is 5.32 Å². The second-order valence-electron chi connectivity index (χ2n) is 5.46. The van der Waals surface area contributed by atoms with Crippen LogP contribution in [0, 0.1) is 5.82 Å². The van der Waals surface area contributed by atoms with E-state index in [1.165, 1.54) is 24.3 Å². The fourth-order valence-electron chi connectivity index (χ4n) is 2.75. The largest absolute Gasteiger partial charge is 0.467 e. The van der Waals surface area contributed by atoms with Crippen molar-refractivity contribution in [2.45, 2.75) is 25.4 Å². The average molecular weight is 316 g/mol. The van der Waals surface area contributed by atoms with E-state index in [-0.39, 0.29) is 11.8 Å². The Morgan fingerprint density at radius 2 is 2.04 bits per heavy atom. The molecule has 2 amide bonds. The predicted octanol–water partition coefficient (Wildman–Crippen LogP) is 2.34. The number of likely N-dealkylation sites (tertiary alicyclic amines) is 1. The van der Waals surface area contributed by atoms with Crippen LogP contribution in [0.25, 0.3) is 0 Å². The molecule has 23 heavy (non-hydrogen) atoms. The Kier molecular flexibility index (Phi) is 4.41. The fraction of sp³-hybridized carbons (Fsp3) is 0.294. The van der Waals surface area contributed by atoms with Gasteiger partial charge in [-0.05, 0) is 49.2 Å². The molecule has 3 rings (SSSR count). The third-order valence-corrected chi connectivity index (χ3v) is 3.92. The van der Waals surface area contributed by atoms with Crippen molar-refractivity contribution in [1.29, 1.82) is 0 Å². The third kappa shape index (κ3) is 3.41. The van der Waals surface area contributed by atoms with Gasteiger partial charge in [0.25, 0.3) is 5.91 Å². The molecule has 2 aromatic rings. The van der Waals surface area contributed by atoms with E-state index in [1.54, 1.807) is 23.3 Å². The number of furan rings is 1. The average Bonchev–Trinajstić information content (AvgIpc) is 3.24. The van der Waals surface area contributed by atoms with Crippen LogP contribution >= 0.6 is 0 Å². The molecular weight excluding hydrogens is 299 g/mol. The number of hydrogen-bond acceptors (Lipinski definition) is 3. The standard InChI is InChI=1S/C17H17FN2O3/c18-13-7-5-12(6-8-13)17(22)20-9-1-4-15(20)16(21)19-11-14-3-2-10-23-14/h2-3,5-8,10,15H,1,4,9,11H2,(H,19,21). The third-order valence-electron chi connectivity index (χ3n) is 3.92. The molecule has 0 radical (unpaired) electrons. The summed E-state index contributed by atoms with van der Waals surface area (Å²) in [5, 5.41) is 2.79. The van der Waals surface area contributed by atoms with Gasteiger partial charge in [0.2, 0.25) is 5.91 Å². The van der Waals surface area contributed by atoms with Gasteiger partial charge in [-0.1, -0.05) is 0 Å². The number of benzene rings is 1. The molecule has 6 heteroatoms. The van der Waals surface area contributed by atoms with Crippen LogP contribution in [0.3, 0.4) is 0 Å². The Morgan fingerprint density at radius 1 is 1.26 bits per heavy atom. The summed E-state index contributed by atoms with van der Waals surface area (Å²) >= 11 is 0. The van der Waals surface area contributed by atoms with Gasteiger partial charge < -0.3 is 14.6 Å². The first-order chi connectivity index (χ1) is 11.1. The fourth-order valence-corrected chi connectivity index (χ4v) is 2.75. The molecule has 0 spiro atoms. The van der Waals surface area contributed by atoms with Gasteiger partial charge in [0, 0.05) is 12.1 Å². The quantitative estimate of drug-likeness (QED) is 0.942. The van der Waals surface area contributed by atoms with Gasteiger partial charge in [-0.2, -0.15) is 0 Å². The maximum Gasteiger partial charge on any atom is 0.254 e. The summed E-state index contributed by atoms with van der Waals surface area (Å²) in [6.07, 6.45) is 2.93. The molecule has 0 aliphatic carbocycles. The van der Waals surface area contributed by atoms with E-state index in [0.29, 0.717) is 30.8 Å². The summed E-state index contributed by atoms with van der Waals surface area (Å²) < 4.78 is 18.1. The first-order valence-electron chi connectivity index (χ1n) is 7.52. The van der Waals surface area contributed by atoms with Gasteiger partial charge in [0.1, 0.15) is 17.6 Å². The Morgan fingerprint density at radius 3 is 2.74 bits per heavy atom. The number of carbonyl (C=O) groups excluding carboxylic acids is 2. The lowest BCUT2D eigenvalue weighted by Crippen LogP contribution is -2.45. The Labute approximate surface area is 133 Å². The van der Waals surface area contributed by atoms with Crippen LogP contribution in [0.2, 0.25) is 0 Å². The summed E-state index contributed by atoms with van der Waals surface area (Å²) in [5.41, 5.74) is 0.386. The topological polar surface area (TPSA) is 62.6 Å². The zero-order valence-electron chi connectivity index (χ0n) is 12.5. The first-order valence-corrected chi connectivity index (χ1v) is 7.52. The zero-order chi connectivity index (χ0) is 16.2. The lowest BCUT2D eigenvalue weighted by molar-refractivity contribution is -0.125. The second-order valence-corrected chi connectivity index (χ2v) is 5.46. The Hall–Kier alpha value is -2.63. The highest BCUT2D eigenvalue weighted by molar-refractivity contribution is 5.97. The lowest BCUT2D eigenvalue weighted by Gasteiger charge is -2.24. The van der Waals surface area contributed by atoms with Crippen LogP contribution in [0.1, 0.15) is 29.0 Å². The molecule has 1 saturated heterocycles. The van der Waals surface area contributed by atoms with Crippen molar-refractivity contribution in [2.75, 3.05) is 6.54 Å². The first kappa shape index (κ1) is 15.3. The number of halogens is 1. The molecule has 2 heterocycles. The second kappa shape index (κ2) is 6.64. The maximum absolute atomic E-state index is 13.0. The molecule has 120 valence electrons. The van der Waals surface area contributed by atoms with Crippen molar-refractivity contribution < 1.29 is 18.4 Å². The van der Waals surface area contributed by atoms with Gasteiger partial charge in [0.05, 0.1) is 12.8 Å². The highest BCUT2D eigenvalue weighted by Crippen LogP contribution is 2.20. The minimum Gasteiger partial charge on any atom is -0.467 e. The van der Waals surface area contributed by atoms with Gasteiger partial charge in [-0.25, -0.2) is 4.39 Å². The van der Waals surface area contributed by atoms with Crippen LogP contribution in [0.4, 0.5) is 4.39 Å². The van der Waals surface area contributed by atoms with Crippen molar-refractivity contribution in [2.24, 2.45) is 0 Å². The van der Waals surface area contributed by atoms with Crippen LogP contribution in [0.5, 0.6) is 0 Å². The molecule has 0 bridgehead atoms. The maximum atomic E-state index is 13.0. The van der Waals surface area contributed by atoms with E-state index in [4.69, 9.17) is 4.42 Å².